The molecule has 1 aromatic rings. The van der Waals surface area contributed by atoms with Crippen LogP contribution < -0.4 is 0 Å². The standard InChI is InChI=1S/C9H9Cl2NO2/c1-3-14-9(13)6-4-7(10)12-5(2)8(6)11/h4H,3H2,1-2H3. The van der Waals surface area contributed by atoms with E-state index >= 15 is 0 Å². The Kier molecular flexibility index (Phi) is 3.72. The summed E-state index contributed by atoms with van der Waals surface area (Å²) in [6.45, 7) is 3.70. The summed E-state index contributed by atoms with van der Waals surface area (Å²) < 4.78 is 4.81. The van der Waals surface area contributed by atoms with Crippen LogP contribution in [0.25, 0.3) is 0 Å². The van der Waals surface area contributed by atoms with E-state index < -0.39 is 5.97 Å². The molecule has 0 aliphatic heterocycles. The molecule has 0 radical (unpaired) electrons. The molecule has 0 bridgehead atoms. The van der Waals surface area contributed by atoms with Crippen LogP contribution in [0.4, 0.5) is 0 Å². The third-order valence-corrected chi connectivity index (χ3v) is 2.26. The quantitative estimate of drug-likeness (QED) is 0.583. The van der Waals surface area contributed by atoms with Crippen molar-refractivity contribution in [3.8, 4) is 0 Å². The Balaban J connectivity index is 3.13. The molecule has 76 valence electrons. The summed E-state index contributed by atoms with van der Waals surface area (Å²) >= 11 is 11.6. The lowest BCUT2D eigenvalue weighted by atomic mass is 10.2. The molecule has 0 aliphatic rings. The number of carbonyl (C=O) groups excluding carboxylic acids is 1. The van der Waals surface area contributed by atoms with E-state index in [0.717, 1.165) is 0 Å². The number of halogens is 2. The molecule has 14 heavy (non-hydrogen) atoms. The summed E-state index contributed by atoms with van der Waals surface area (Å²) in [7, 11) is 0. The van der Waals surface area contributed by atoms with Gasteiger partial charge in [0.15, 0.2) is 0 Å². The van der Waals surface area contributed by atoms with Gasteiger partial charge < -0.3 is 4.74 Å². The minimum Gasteiger partial charge on any atom is -0.462 e. The monoisotopic (exact) mass is 233 g/mol. The number of pyridine rings is 1. The average Bonchev–Trinajstić information content (AvgIpc) is 2.11. The predicted molar refractivity (Wildman–Crippen MR) is 55.0 cm³/mol. The molecule has 1 heterocycles. The van der Waals surface area contributed by atoms with Gasteiger partial charge in [-0.25, -0.2) is 9.78 Å². The van der Waals surface area contributed by atoms with Gasteiger partial charge in [0, 0.05) is 0 Å². The van der Waals surface area contributed by atoms with Crippen LogP contribution in [0.15, 0.2) is 6.07 Å². The average molecular weight is 234 g/mol. The van der Waals surface area contributed by atoms with Crippen LogP contribution in [0, 0.1) is 6.92 Å². The Morgan fingerprint density at radius 2 is 2.21 bits per heavy atom. The van der Waals surface area contributed by atoms with E-state index in [1.807, 2.05) is 0 Å². The second kappa shape index (κ2) is 4.62. The SMILES string of the molecule is CCOC(=O)c1cc(Cl)nc(C)c1Cl. The zero-order valence-corrected chi connectivity index (χ0v) is 9.32. The minimum atomic E-state index is -0.482. The first-order valence-corrected chi connectivity index (χ1v) is 4.81. The number of aromatic nitrogens is 1. The second-order valence-corrected chi connectivity index (χ2v) is 3.38. The molecule has 0 unspecified atom stereocenters. The largest absolute Gasteiger partial charge is 0.462 e. The maximum absolute atomic E-state index is 11.4. The van der Waals surface area contributed by atoms with Crippen molar-refractivity contribution in [3.63, 3.8) is 0 Å². The lowest BCUT2D eigenvalue weighted by Gasteiger charge is -2.06. The summed E-state index contributed by atoms with van der Waals surface area (Å²) in [5.74, 6) is -0.482. The molecule has 3 nitrogen and oxygen atoms in total. The molecule has 1 rings (SSSR count). The molecule has 0 N–H and O–H groups in total. The summed E-state index contributed by atoms with van der Waals surface area (Å²) in [6, 6.07) is 1.40. The first kappa shape index (κ1) is 11.3. The topological polar surface area (TPSA) is 39.2 Å². The van der Waals surface area contributed by atoms with Gasteiger partial charge in [0.05, 0.1) is 22.9 Å². The number of hydrogen-bond donors (Lipinski definition) is 0. The van der Waals surface area contributed by atoms with E-state index in [0.29, 0.717) is 12.3 Å². The summed E-state index contributed by atoms with van der Waals surface area (Å²) in [5.41, 5.74) is 0.772. The molecule has 0 atom stereocenters. The predicted octanol–water partition coefficient (Wildman–Crippen LogP) is 2.87. The van der Waals surface area contributed by atoms with Crippen LogP contribution in [-0.4, -0.2) is 17.6 Å². The van der Waals surface area contributed by atoms with Crippen LogP contribution in [0.1, 0.15) is 23.0 Å². The molecule has 0 fully saturated rings. The van der Waals surface area contributed by atoms with Crippen molar-refractivity contribution in [1.82, 2.24) is 4.98 Å². The van der Waals surface area contributed by atoms with Gasteiger partial charge in [-0.05, 0) is 19.9 Å². The molecule has 5 heteroatoms. The highest BCUT2D eigenvalue weighted by atomic mass is 35.5. The third kappa shape index (κ3) is 2.36. The van der Waals surface area contributed by atoms with E-state index in [-0.39, 0.29) is 15.7 Å². The number of carbonyl (C=O) groups is 1. The maximum atomic E-state index is 11.4. The number of aryl methyl sites for hydroxylation is 1. The summed E-state index contributed by atoms with van der Waals surface area (Å²) in [5, 5.41) is 0.516. The molecule has 0 spiro atoms. The molecule has 0 amide bonds. The van der Waals surface area contributed by atoms with Gasteiger partial charge in [-0.1, -0.05) is 23.2 Å². The van der Waals surface area contributed by atoms with Gasteiger partial charge in [-0.15, -0.1) is 0 Å². The van der Waals surface area contributed by atoms with Crippen molar-refractivity contribution in [1.29, 1.82) is 0 Å². The molecule has 1 aromatic heterocycles. The van der Waals surface area contributed by atoms with Crippen molar-refractivity contribution < 1.29 is 9.53 Å². The number of rotatable bonds is 2. The Morgan fingerprint density at radius 1 is 1.57 bits per heavy atom. The zero-order valence-electron chi connectivity index (χ0n) is 7.80. The van der Waals surface area contributed by atoms with Gasteiger partial charge in [0.25, 0.3) is 0 Å². The fourth-order valence-corrected chi connectivity index (χ4v) is 1.39. The lowest BCUT2D eigenvalue weighted by Crippen LogP contribution is -2.06. The highest BCUT2D eigenvalue weighted by Gasteiger charge is 2.14. The number of nitrogens with zero attached hydrogens (tertiary/aromatic N) is 1. The van der Waals surface area contributed by atoms with Crippen LogP contribution in [0.3, 0.4) is 0 Å². The van der Waals surface area contributed by atoms with E-state index in [2.05, 4.69) is 4.98 Å². The van der Waals surface area contributed by atoms with Gasteiger partial charge in [0.1, 0.15) is 5.15 Å². The van der Waals surface area contributed by atoms with Crippen LogP contribution in [-0.2, 0) is 4.74 Å². The fourth-order valence-electron chi connectivity index (χ4n) is 0.976. The van der Waals surface area contributed by atoms with Crippen molar-refractivity contribution >= 4 is 29.2 Å². The summed E-state index contributed by atoms with van der Waals surface area (Å²) in [4.78, 5) is 15.3. The van der Waals surface area contributed by atoms with E-state index in [4.69, 9.17) is 27.9 Å². The molecule has 0 saturated heterocycles. The third-order valence-electron chi connectivity index (χ3n) is 1.59. The van der Waals surface area contributed by atoms with Crippen molar-refractivity contribution in [2.75, 3.05) is 6.61 Å². The Labute approximate surface area is 92.0 Å². The Bertz CT molecular complexity index is 366. The molecule has 0 saturated carbocycles. The van der Waals surface area contributed by atoms with Crippen LogP contribution in [0.5, 0.6) is 0 Å². The molecular formula is C9H9Cl2NO2. The van der Waals surface area contributed by atoms with Gasteiger partial charge in [-0.3, -0.25) is 0 Å². The van der Waals surface area contributed by atoms with Gasteiger partial charge >= 0.3 is 5.97 Å². The van der Waals surface area contributed by atoms with Crippen molar-refractivity contribution in [2.45, 2.75) is 13.8 Å². The van der Waals surface area contributed by atoms with Gasteiger partial charge in [-0.2, -0.15) is 0 Å². The highest BCUT2D eigenvalue weighted by molar-refractivity contribution is 6.35. The number of ether oxygens (including phenoxy) is 1. The van der Waals surface area contributed by atoms with Crippen molar-refractivity contribution in [2.24, 2.45) is 0 Å². The normalized spacial score (nSPS) is 10.0. The smallest absolute Gasteiger partial charge is 0.339 e. The highest BCUT2D eigenvalue weighted by Crippen LogP contribution is 2.22. The summed E-state index contributed by atoms with van der Waals surface area (Å²) in [6.07, 6.45) is 0. The van der Waals surface area contributed by atoms with Crippen LogP contribution in [0.2, 0.25) is 10.2 Å². The van der Waals surface area contributed by atoms with E-state index in [9.17, 15) is 4.79 Å². The first-order chi connectivity index (χ1) is 6.56. The first-order valence-electron chi connectivity index (χ1n) is 4.06. The van der Waals surface area contributed by atoms with E-state index in [1.54, 1.807) is 13.8 Å². The number of esters is 1. The minimum absolute atomic E-state index is 0.231. The lowest BCUT2D eigenvalue weighted by molar-refractivity contribution is 0.0526. The molecule has 0 aromatic carbocycles. The molecular weight excluding hydrogens is 225 g/mol. The Hall–Kier alpha value is -0.800. The molecule has 0 aliphatic carbocycles. The van der Waals surface area contributed by atoms with Crippen molar-refractivity contribution in [3.05, 3.63) is 27.5 Å². The van der Waals surface area contributed by atoms with Gasteiger partial charge in [0.2, 0.25) is 0 Å². The number of hydrogen-bond acceptors (Lipinski definition) is 3. The van der Waals surface area contributed by atoms with E-state index in [1.165, 1.54) is 6.07 Å². The zero-order chi connectivity index (χ0) is 10.7. The van der Waals surface area contributed by atoms with Crippen LogP contribution >= 0.6 is 23.2 Å². The fraction of sp³-hybridized carbons (Fsp3) is 0.333. The Morgan fingerprint density at radius 3 is 2.79 bits per heavy atom. The maximum Gasteiger partial charge on any atom is 0.339 e. The second-order valence-electron chi connectivity index (χ2n) is 2.61.